The van der Waals surface area contributed by atoms with Crippen LogP contribution in [0.1, 0.15) is 22.9 Å². The second kappa shape index (κ2) is 8.26. The number of halogens is 1. The average molecular weight is 450 g/mol. The molecule has 0 saturated carbocycles. The van der Waals surface area contributed by atoms with Gasteiger partial charge in [0.05, 0.1) is 24.5 Å². The van der Waals surface area contributed by atoms with Crippen molar-refractivity contribution in [1.82, 2.24) is 18.8 Å². The first-order chi connectivity index (χ1) is 14.3. The molecule has 1 aliphatic heterocycles. The van der Waals surface area contributed by atoms with Gasteiger partial charge in [0.25, 0.3) is 10.2 Å². The Labute approximate surface area is 177 Å². The van der Waals surface area contributed by atoms with E-state index in [4.69, 9.17) is 0 Å². The number of hydrogen-bond acceptors (Lipinski definition) is 5. The van der Waals surface area contributed by atoms with Crippen LogP contribution >= 0.6 is 11.3 Å². The van der Waals surface area contributed by atoms with Gasteiger partial charge >= 0.3 is 0 Å². The van der Waals surface area contributed by atoms with Gasteiger partial charge in [0.2, 0.25) is 5.91 Å². The molecule has 1 amide bonds. The van der Waals surface area contributed by atoms with E-state index in [1.165, 1.54) is 36.7 Å². The fourth-order valence-electron chi connectivity index (χ4n) is 3.30. The second-order valence-corrected chi connectivity index (χ2v) is 9.74. The van der Waals surface area contributed by atoms with E-state index in [1.54, 1.807) is 23.0 Å². The SMILES string of the molecule is CN1[C@@H](C(=O)Nc2cnn(Cc3ccc(F)cc3)c2)C[C@@H](c2cccs2)NS1(=O)=O. The van der Waals surface area contributed by atoms with Crippen LogP contribution < -0.4 is 10.0 Å². The molecular formula is C19H20FN5O3S2. The Balaban J connectivity index is 1.46. The zero-order chi connectivity index (χ0) is 21.3. The van der Waals surface area contributed by atoms with Crippen LogP contribution in [0.15, 0.2) is 54.2 Å². The number of amides is 1. The van der Waals surface area contributed by atoms with Crippen molar-refractivity contribution in [1.29, 1.82) is 0 Å². The Bertz CT molecular complexity index is 1130. The standard InChI is InChI=1S/C19H20FN5O3S2/c1-24-17(9-16(23-30(24,27)28)18-3-2-8-29-18)19(26)22-15-10-21-25(12-15)11-13-4-6-14(20)7-5-13/h2-8,10,12,16-17,23H,9,11H2,1H3,(H,22,26)/t16-,17+/m0/s1. The van der Waals surface area contributed by atoms with Gasteiger partial charge in [0.15, 0.2) is 0 Å². The summed E-state index contributed by atoms with van der Waals surface area (Å²) in [6.07, 6.45) is 3.45. The molecule has 0 spiro atoms. The summed E-state index contributed by atoms with van der Waals surface area (Å²) >= 11 is 1.44. The molecule has 0 aliphatic carbocycles. The molecule has 4 rings (SSSR count). The quantitative estimate of drug-likeness (QED) is 0.625. The fourth-order valence-corrected chi connectivity index (χ4v) is 5.43. The van der Waals surface area contributed by atoms with Crippen LogP contribution in [0.4, 0.5) is 10.1 Å². The molecule has 1 fully saturated rings. The predicted octanol–water partition coefficient (Wildman–Crippen LogP) is 2.35. The van der Waals surface area contributed by atoms with Crippen molar-refractivity contribution in [2.24, 2.45) is 0 Å². The van der Waals surface area contributed by atoms with Crippen LogP contribution in [0.2, 0.25) is 0 Å². The van der Waals surface area contributed by atoms with Crippen molar-refractivity contribution >= 4 is 33.1 Å². The van der Waals surface area contributed by atoms with Gasteiger partial charge in [-0.15, -0.1) is 11.3 Å². The number of hydrogen-bond donors (Lipinski definition) is 2. The van der Waals surface area contributed by atoms with Crippen LogP contribution in [0.3, 0.4) is 0 Å². The number of benzene rings is 1. The molecule has 1 aromatic carbocycles. The van der Waals surface area contributed by atoms with Crippen LogP contribution in [0.25, 0.3) is 0 Å². The largest absolute Gasteiger partial charge is 0.322 e. The second-order valence-electron chi connectivity index (χ2n) is 7.00. The minimum atomic E-state index is -3.78. The van der Waals surface area contributed by atoms with E-state index >= 15 is 0 Å². The minimum Gasteiger partial charge on any atom is -0.322 e. The number of anilines is 1. The Hall–Kier alpha value is -2.60. The van der Waals surface area contributed by atoms with E-state index < -0.39 is 28.2 Å². The summed E-state index contributed by atoms with van der Waals surface area (Å²) in [5.41, 5.74) is 1.32. The lowest BCUT2D eigenvalue weighted by molar-refractivity contribution is -0.120. The lowest BCUT2D eigenvalue weighted by atomic mass is 10.1. The normalized spacial score (nSPS) is 21.4. The van der Waals surface area contributed by atoms with E-state index in [9.17, 15) is 17.6 Å². The molecule has 3 aromatic rings. The predicted molar refractivity (Wildman–Crippen MR) is 112 cm³/mol. The fraction of sp³-hybridized carbons (Fsp3) is 0.263. The maximum atomic E-state index is 13.0. The van der Waals surface area contributed by atoms with Crippen molar-refractivity contribution < 1.29 is 17.6 Å². The van der Waals surface area contributed by atoms with Crippen molar-refractivity contribution in [3.63, 3.8) is 0 Å². The van der Waals surface area contributed by atoms with Gasteiger partial charge in [-0.25, -0.2) is 4.39 Å². The van der Waals surface area contributed by atoms with Gasteiger partial charge < -0.3 is 5.32 Å². The first-order valence-electron chi connectivity index (χ1n) is 9.18. The van der Waals surface area contributed by atoms with Crippen LogP contribution in [0.5, 0.6) is 0 Å². The third kappa shape index (κ3) is 4.43. The molecular weight excluding hydrogens is 429 g/mol. The summed E-state index contributed by atoms with van der Waals surface area (Å²) in [6, 6.07) is 8.45. The number of aromatic nitrogens is 2. The molecule has 2 aromatic heterocycles. The molecule has 2 N–H and O–H groups in total. The smallest absolute Gasteiger partial charge is 0.280 e. The third-order valence-electron chi connectivity index (χ3n) is 4.92. The highest BCUT2D eigenvalue weighted by atomic mass is 32.2. The molecule has 158 valence electrons. The van der Waals surface area contributed by atoms with Crippen molar-refractivity contribution in [3.8, 4) is 0 Å². The summed E-state index contributed by atoms with van der Waals surface area (Å²) in [7, 11) is -2.40. The van der Waals surface area contributed by atoms with E-state index in [0.717, 1.165) is 14.7 Å². The van der Waals surface area contributed by atoms with E-state index in [0.29, 0.717) is 18.7 Å². The Morgan fingerprint density at radius 2 is 2.10 bits per heavy atom. The first-order valence-corrected chi connectivity index (χ1v) is 11.5. The van der Waals surface area contributed by atoms with E-state index in [-0.39, 0.29) is 5.82 Å². The van der Waals surface area contributed by atoms with Crippen LogP contribution in [0, 0.1) is 5.82 Å². The van der Waals surface area contributed by atoms with Gasteiger partial charge in [-0.05, 0) is 35.6 Å². The molecule has 11 heteroatoms. The summed E-state index contributed by atoms with van der Waals surface area (Å²) in [5, 5.41) is 8.82. The number of rotatable bonds is 5. The first kappa shape index (κ1) is 20.7. The van der Waals surface area contributed by atoms with Gasteiger partial charge in [0.1, 0.15) is 11.9 Å². The van der Waals surface area contributed by atoms with Crippen LogP contribution in [-0.4, -0.2) is 41.5 Å². The highest BCUT2D eigenvalue weighted by Gasteiger charge is 2.41. The van der Waals surface area contributed by atoms with Crippen LogP contribution in [-0.2, 0) is 21.5 Å². The Morgan fingerprint density at radius 1 is 1.33 bits per heavy atom. The number of nitrogens with zero attached hydrogens (tertiary/aromatic N) is 3. The Kier molecular flexibility index (Phi) is 5.69. The lowest BCUT2D eigenvalue weighted by Gasteiger charge is -2.35. The zero-order valence-electron chi connectivity index (χ0n) is 16.0. The zero-order valence-corrected chi connectivity index (χ0v) is 17.7. The minimum absolute atomic E-state index is 0.311. The number of likely N-dealkylation sites (N-methyl/N-ethyl adjacent to an activating group) is 1. The van der Waals surface area contributed by atoms with Gasteiger partial charge in [-0.1, -0.05) is 18.2 Å². The number of carbonyl (C=O) groups excluding carboxylic acids is 1. The van der Waals surface area contributed by atoms with Crippen molar-refractivity contribution in [2.75, 3.05) is 12.4 Å². The Morgan fingerprint density at radius 3 is 2.80 bits per heavy atom. The molecule has 1 saturated heterocycles. The summed E-state index contributed by atoms with van der Waals surface area (Å²) < 4.78 is 43.3. The van der Waals surface area contributed by atoms with Crippen molar-refractivity contribution in [3.05, 3.63) is 70.4 Å². The molecule has 3 heterocycles. The van der Waals surface area contributed by atoms with Gasteiger partial charge in [-0.3, -0.25) is 9.48 Å². The summed E-state index contributed by atoms with van der Waals surface area (Å²) in [5.74, 6) is -0.737. The number of thiophene rings is 1. The average Bonchev–Trinajstić information content (AvgIpc) is 3.38. The molecule has 1 aliphatic rings. The van der Waals surface area contributed by atoms with E-state index in [1.807, 2.05) is 17.5 Å². The van der Waals surface area contributed by atoms with Gasteiger partial charge in [-0.2, -0.15) is 22.5 Å². The third-order valence-corrected chi connectivity index (χ3v) is 7.50. The van der Waals surface area contributed by atoms with Gasteiger partial charge in [0, 0.05) is 18.1 Å². The summed E-state index contributed by atoms with van der Waals surface area (Å²) in [4.78, 5) is 13.7. The maximum Gasteiger partial charge on any atom is 0.280 e. The molecule has 0 bridgehead atoms. The topological polar surface area (TPSA) is 96.3 Å². The van der Waals surface area contributed by atoms with Crippen molar-refractivity contribution in [2.45, 2.75) is 25.0 Å². The number of nitrogens with one attached hydrogen (secondary N) is 2. The molecule has 0 unspecified atom stereocenters. The molecule has 30 heavy (non-hydrogen) atoms. The molecule has 0 radical (unpaired) electrons. The monoisotopic (exact) mass is 449 g/mol. The molecule has 8 nitrogen and oxygen atoms in total. The van der Waals surface area contributed by atoms with E-state index in [2.05, 4.69) is 15.1 Å². The highest BCUT2D eigenvalue weighted by molar-refractivity contribution is 7.87. The lowest BCUT2D eigenvalue weighted by Crippen LogP contribution is -2.55. The highest BCUT2D eigenvalue weighted by Crippen LogP contribution is 2.30. The summed E-state index contributed by atoms with van der Waals surface area (Å²) in [6.45, 7) is 0.415. The molecule has 2 atom stereocenters. The number of carbonyl (C=O) groups is 1. The maximum absolute atomic E-state index is 13.0.